The van der Waals surface area contributed by atoms with Gasteiger partial charge >= 0.3 is 0 Å². The number of nitrogens with one attached hydrogen (secondary N) is 1. The van der Waals surface area contributed by atoms with Crippen molar-refractivity contribution in [3.63, 3.8) is 0 Å². The van der Waals surface area contributed by atoms with E-state index in [0.717, 1.165) is 6.07 Å². The Kier molecular flexibility index (Phi) is 3.58. The highest BCUT2D eigenvalue weighted by atomic mass is 32.2. The minimum Gasteiger partial charge on any atom is -0.399 e. The van der Waals surface area contributed by atoms with Gasteiger partial charge in [0.2, 0.25) is 0 Å². The molecular formula is C12H11F2N3O2S. The summed E-state index contributed by atoms with van der Waals surface area (Å²) in [5, 5.41) is 0. The van der Waals surface area contributed by atoms with Gasteiger partial charge in [-0.25, -0.2) is 17.2 Å². The van der Waals surface area contributed by atoms with Crippen LogP contribution >= 0.6 is 0 Å². The number of sulfonamides is 1. The molecule has 0 aliphatic heterocycles. The van der Waals surface area contributed by atoms with E-state index in [9.17, 15) is 17.2 Å². The van der Waals surface area contributed by atoms with E-state index in [1.54, 1.807) is 6.92 Å². The fourth-order valence-corrected chi connectivity index (χ4v) is 2.81. The summed E-state index contributed by atoms with van der Waals surface area (Å²) in [6.45, 7) is 1.58. The first-order chi connectivity index (χ1) is 9.31. The minimum absolute atomic E-state index is 0.176. The van der Waals surface area contributed by atoms with Crippen molar-refractivity contribution in [1.82, 2.24) is 4.98 Å². The van der Waals surface area contributed by atoms with E-state index in [0.29, 0.717) is 11.8 Å². The molecule has 0 saturated carbocycles. The Labute approximate surface area is 114 Å². The summed E-state index contributed by atoms with van der Waals surface area (Å²) in [7, 11) is -4.30. The van der Waals surface area contributed by atoms with Gasteiger partial charge in [0.05, 0.1) is 11.4 Å². The van der Waals surface area contributed by atoms with Gasteiger partial charge in [-0.05, 0) is 31.2 Å². The Morgan fingerprint density at radius 1 is 1.30 bits per heavy atom. The van der Waals surface area contributed by atoms with Crippen LogP contribution in [0.25, 0.3) is 0 Å². The third-order valence-corrected chi connectivity index (χ3v) is 3.92. The molecule has 0 spiro atoms. The van der Waals surface area contributed by atoms with E-state index in [-0.39, 0.29) is 11.4 Å². The number of hydrogen-bond donors (Lipinski definition) is 2. The molecule has 1 aromatic carbocycles. The zero-order valence-corrected chi connectivity index (χ0v) is 11.2. The molecular weight excluding hydrogens is 288 g/mol. The van der Waals surface area contributed by atoms with Crippen LogP contribution in [0.3, 0.4) is 0 Å². The van der Waals surface area contributed by atoms with Crippen LogP contribution in [0.5, 0.6) is 0 Å². The maximum atomic E-state index is 13.6. The van der Waals surface area contributed by atoms with Crippen LogP contribution < -0.4 is 10.5 Å². The predicted molar refractivity (Wildman–Crippen MR) is 70.6 cm³/mol. The zero-order chi connectivity index (χ0) is 14.9. The van der Waals surface area contributed by atoms with Gasteiger partial charge in [0.25, 0.3) is 10.0 Å². The van der Waals surface area contributed by atoms with Gasteiger partial charge in [-0.3, -0.25) is 9.71 Å². The Hall–Kier alpha value is -2.22. The molecule has 0 aliphatic carbocycles. The van der Waals surface area contributed by atoms with Crippen LogP contribution in [0.4, 0.5) is 20.2 Å². The summed E-state index contributed by atoms with van der Waals surface area (Å²) in [6.07, 6.45) is 1.48. The molecule has 0 radical (unpaired) electrons. The molecule has 0 bridgehead atoms. The molecule has 1 aromatic heterocycles. The molecule has 0 fully saturated rings. The Bertz CT molecular complexity index is 763. The van der Waals surface area contributed by atoms with Crippen molar-refractivity contribution < 1.29 is 17.2 Å². The number of hydrogen-bond acceptors (Lipinski definition) is 4. The Morgan fingerprint density at radius 3 is 2.65 bits per heavy atom. The average Bonchev–Trinajstić information content (AvgIpc) is 2.36. The minimum atomic E-state index is -4.30. The van der Waals surface area contributed by atoms with Gasteiger partial charge in [0, 0.05) is 11.9 Å². The molecule has 8 heteroatoms. The number of halogens is 2. The van der Waals surface area contributed by atoms with Crippen molar-refractivity contribution in [3.05, 3.63) is 47.8 Å². The van der Waals surface area contributed by atoms with Gasteiger partial charge < -0.3 is 5.73 Å². The maximum absolute atomic E-state index is 13.6. The first-order valence-electron chi connectivity index (χ1n) is 5.50. The third kappa shape index (κ3) is 2.69. The molecule has 0 amide bonds. The summed E-state index contributed by atoms with van der Waals surface area (Å²) in [6, 6.07) is 4.54. The summed E-state index contributed by atoms with van der Waals surface area (Å²) in [5.41, 5.74) is 5.73. The molecule has 0 saturated heterocycles. The lowest BCUT2D eigenvalue weighted by atomic mass is 10.3. The highest BCUT2D eigenvalue weighted by molar-refractivity contribution is 7.92. The molecule has 5 nitrogen and oxygen atoms in total. The van der Waals surface area contributed by atoms with Crippen LogP contribution in [0.2, 0.25) is 0 Å². The Balaban J connectivity index is 2.49. The second kappa shape index (κ2) is 5.04. The lowest BCUT2D eigenvalue weighted by Crippen LogP contribution is -2.16. The van der Waals surface area contributed by atoms with Crippen LogP contribution in [0.15, 0.2) is 35.4 Å². The van der Waals surface area contributed by atoms with Gasteiger partial charge in [-0.1, -0.05) is 0 Å². The van der Waals surface area contributed by atoms with Crippen LogP contribution in [-0.4, -0.2) is 13.4 Å². The second-order valence-electron chi connectivity index (χ2n) is 4.06. The van der Waals surface area contributed by atoms with E-state index in [1.807, 2.05) is 0 Å². The molecule has 2 aromatic rings. The standard InChI is InChI=1S/C12H11F2N3O2S/c1-7-10(3-2-4-16-7)17-20(18,19)11-6-8(15)5-9(13)12(11)14/h2-6,17H,15H2,1H3. The molecule has 2 rings (SSSR count). The lowest BCUT2D eigenvalue weighted by molar-refractivity contribution is 0.486. The van der Waals surface area contributed by atoms with Gasteiger partial charge in [0.1, 0.15) is 4.90 Å². The highest BCUT2D eigenvalue weighted by Crippen LogP contribution is 2.24. The molecule has 20 heavy (non-hydrogen) atoms. The van der Waals surface area contributed by atoms with E-state index >= 15 is 0 Å². The molecule has 0 aliphatic rings. The number of aryl methyl sites for hydroxylation is 1. The molecule has 3 N–H and O–H groups in total. The maximum Gasteiger partial charge on any atom is 0.265 e. The first-order valence-corrected chi connectivity index (χ1v) is 6.98. The number of anilines is 2. The number of pyridine rings is 1. The molecule has 0 atom stereocenters. The Morgan fingerprint density at radius 2 is 2.00 bits per heavy atom. The molecule has 0 unspecified atom stereocenters. The van der Waals surface area contributed by atoms with Crippen molar-refractivity contribution in [2.75, 3.05) is 10.5 Å². The van der Waals surface area contributed by atoms with E-state index in [2.05, 4.69) is 9.71 Å². The number of rotatable bonds is 3. The quantitative estimate of drug-likeness (QED) is 0.849. The number of aromatic nitrogens is 1. The monoisotopic (exact) mass is 299 g/mol. The number of nitrogens with zero attached hydrogens (tertiary/aromatic N) is 1. The van der Waals surface area contributed by atoms with Crippen molar-refractivity contribution in [2.45, 2.75) is 11.8 Å². The fraction of sp³-hybridized carbons (Fsp3) is 0.0833. The lowest BCUT2D eigenvalue weighted by Gasteiger charge is -2.11. The third-order valence-electron chi connectivity index (χ3n) is 2.56. The van der Waals surface area contributed by atoms with Crippen molar-refractivity contribution in [1.29, 1.82) is 0 Å². The average molecular weight is 299 g/mol. The summed E-state index contributed by atoms with van der Waals surface area (Å²) in [4.78, 5) is 3.05. The van der Waals surface area contributed by atoms with Crippen molar-refractivity contribution in [2.24, 2.45) is 0 Å². The summed E-state index contributed by atoms with van der Waals surface area (Å²) >= 11 is 0. The van der Waals surface area contributed by atoms with Crippen LogP contribution in [-0.2, 0) is 10.0 Å². The van der Waals surface area contributed by atoms with Gasteiger partial charge in [0.15, 0.2) is 11.6 Å². The summed E-state index contributed by atoms with van der Waals surface area (Å²) in [5.74, 6) is -2.80. The molecule has 106 valence electrons. The number of nitrogens with two attached hydrogens (primary N) is 1. The highest BCUT2D eigenvalue weighted by Gasteiger charge is 2.23. The first kappa shape index (κ1) is 14.2. The van der Waals surface area contributed by atoms with E-state index in [1.165, 1.54) is 18.3 Å². The van der Waals surface area contributed by atoms with Crippen LogP contribution in [0, 0.1) is 18.6 Å². The van der Waals surface area contributed by atoms with E-state index in [4.69, 9.17) is 5.73 Å². The fourth-order valence-electron chi connectivity index (χ4n) is 1.57. The van der Waals surface area contributed by atoms with E-state index < -0.39 is 26.6 Å². The normalized spacial score (nSPS) is 11.3. The number of nitrogen functional groups attached to an aromatic ring is 1. The largest absolute Gasteiger partial charge is 0.399 e. The SMILES string of the molecule is Cc1ncccc1NS(=O)(=O)c1cc(N)cc(F)c1F. The zero-order valence-electron chi connectivity index (χ0n) is 10.4. The topological polar surface area (TPSA) is 85.1 Å². The summed E-state index contributed by atoms with van der Waals surface area (Å²) < 4.78 is 53.1. The van der Waals surface area contributed by atoms with Crippen molar-refractivity contribution >= 4 is 21.4 Å². The van der Waals surface area contributed by atoms with Crippen molar-refractivity contribution in [3.8, 4) is 0 Å². The second-order valence-corrected chi connectivity index (χ2v) is 5.71. The number of benzene rings is 1. The van der Waals surface area contributed by atoms with Crippen LogP contribution in [0.1, 0.15) is 5.69 Å². The predicted octanol–water partition coefficient (Wildman–Crippen LogP) is 2.05. The van der Waals surface area contributed by atoms with Gasteiger partial charge in [-0.2, -0.15) is 0 Å². The molecule has 1 heterocycles. The smallest absolute Gasteiger partial charge is 0.265 e. The van der Waals surface area contributed by atoms with Gasteiger partial charge in [-0.15, -0.1) is 0 Å².